The molecule has 1 aliphatic rings. The summed E-state index contributed by atoms with van der Waals surface area (Å²) in [5.41, 5.74) is 4.77. The average Bonchev–Trinajstić information content (AvgIpc) is 3.50. The van der Waals surface area contributed by atoms with Gasteiger partial charge < -0.3 is 18.6 Å². The van der Waals surface area contributed by atoms with E-state index in [4.69, 9.17) is 4.74 Å². The van der Waals surface area contributed by atoms with E-state index >= 15 is 0 Å². The lowest BCUT2D eigenvalue weighted by molar-refractivity contribution is 0.0730. The van der Waals surface area contributed by atoms with Gasteiger partial charge >= 0.3 is 0 Å². The zero-order valence-corrected chi connectivity index (χ0v) is 17.9. The summed E-state index contributed by atoms with van der Waals surface area (Å²) in [6.07, 6.45) is 8.07. The normalized spacial score (nSPS) is 16.2. The number of hydrogen-bond donors (Lipinski definition) is 0. The lowest BCUT2D eigenvalue weighted by Gasteiger charge is -2.25. The van der Waals surface area contributed by atoms with E-state index in [0.29, 0.717) is 17.9 Å². The first-order chi connectivity index (χ1) is 15.1. The second-order valence-corrected chi connectivity index (χ2v) is 8.22. The second kappa shape index (κ2) is 7.95. The number of rotatable bonds is 5. The third-order valence-electron chi connectivity index (χ3n) is 5.96. The summed E-state index contributed by atoms with van der Waals surface area (Å²) < 4.78 is 10.1. The SMILES string of the molecule is Cc1ccc2nc(COc3cccc(C(=O)N4CCCC4c4cccn4C)c3)cn2c1. The molecule has 4 aromatic rings. The van der Waals surface area contributed by atoms with Gasteiger partial charge in [-0.05, 0) is 61.7 Å². The summed E-state index contributed by atoms with van der Waals surface area (Å²) in [5.74, 6) is 0.728. The fourth-order valence-electron chi connectivity index (χ4n) is 4.40. The van der Waals surface area contributed by atoms with Crippen LogP contribution in [0.25, 0.3) is 5.65 Å². The van der Waals surface area contributed by atoms with E-state index in [1.54, 1.807) is 0 Å². The van der Waals surface area contributed by atoms with Gasteiger partial charge in [-0.1, -0.05) is 12.1 Å². The van der Waals surface area contributed by atoms with Gasteiger partial charge in [-0.3, -0.25) is 4.79 Å². The van der Waals surface area contributed by atoms with Crippen LogP contribution in [-0.2, 0) is 13.7 Å². The molecule has 4 heterocycles. The summed E-state index contributed by atoms with van der Waals surface area (Å²) >= 11 is 0. The Hall–Kier alpha value is -3.54. The van der Waals surface area contributed by atoms with E-state index in [1.807, 2.05) is 77.4 Å². The Morgan fingerprint density at radius 1 is 1.16 bits per heavy atom. The molecule has 0 saturated carbocycles. The van der Waals surface area contributed by atoms with E-state index in [2.05, 4.69) is 22.5 Å². The molecule has 1 atom stereocenters. The van der Waals surface area contributed by atoms with Crippen molar-refractivity contribution in [3.05, 3.63) is 89.6 Å². The lowest BCUT2D eigenvalue weighted by Crippen LogP contribution is -2.31. The molecular formula is C25H26N4O2. The first-order valence-electron chi connectivity index (χ1n) is 10.7. The minimum Gasteiger partial charge on any atom is -0.487 e. The Morgan fingerprint density at radius 3 is 2.90 bits per heavy atom. The Kier molecular flexibility index (Phi) is 4.98. The molecule has 1 saturated heterocycles. The fourth-order valence-corrected chi connectivity index (χ4v) is 4.40. The van der Waals surface area contributed by atoms with Crippen molar-refractivity contribution >= 4 is 11.6 Å². The van der Waals surface area contributed by atoms with Crippen molar-refractivity contribution in [2.45, 2.75) is 32.4 Å². The number of amides is 1. The molecule has 0 N–H and O–H groups in total. The number of likely N-dealkylation sites (tertiary alicyclic amines) is 1. The van der Waals surface area contributed by atoms with Gasteiger partial charge in [0, 0.05) is 43.4 Å². The van der Waals surface area contributed by atoms with Crippen LogP contribution >= 0.6 is 0 Å². The van der Waals surface area contributed by atoms with Crippen LogP contribution in [0.1, 0.15) is 46.2 Å². The maximum Gasteiger partial charge on any atom is 0.254 e. The highest BCUT2D eigenvalue weighted by Gasteiger charge is 2.31. The molecule has 0 spiro atoms. The van der Waals surface area contributed by atoms with Crippen molar-refractivity contribution in [2.24, 2.45) is 7.05 Å². The monoisotopic (exact) mass is 414 g/mol. The molecule has 6 nitrogen and oxygen atoms in total. The predicted octanol–water partition coefficient (Wildman–Crippen LogP) is 4.54. The smallest absolute Gasteiger partial charge is 0.254 e. The molecule has 31 heavy (non-hydrogen) atoms. The van der Waals surface area contributed by atoms with E-state index in [-0.39, 0.29) is 11.9 Å². The maximum absolute atomic E-state index is 13.3. The topological polar surface area (TPSA) is 51.8 Å². The number of aryl methyl sites for hydroxylation is 2. The number of pyridine rings is 1. The van der Waals surface area contributed by atoms with Crippen LogP contribution in [0.15, 0.2) is 67.1 Å². The number of fused-ring (bicyclic) bond motifs is 1. The standard InChI is InChI=1S/C25H26N4O2/c1-18-10-11-24-26-20(16-28(24)15-18)17-31-21-7-3-6-19(14-21)25(30)29-13-5-9-23(29)22-8-4-12-27(22)2/h3-4,6-8,10-12,14-16,23H,5,9,13,17H2,1-2H3. The number of carbonyl (C=O) groups excluding carboxylic acids is 1. The van der Waals surface area contributed by atoms with Crippen LogP contribution in [0.3, 0.4) is 0 Å². The molecule has 0 bridgehead atoms. The summed E-state index contributed by atoms with van der Waals surface area (Å²) in [6, 6.07) is 15.8. The Labute approximate surface area is 181 Å². The summed E-state index contributed by atoms with van der Waals surface area (Å²) in [5, 5.41) is 0. The zero-order chi connectivity index (χ0) is 21.4. The van der Waals surface area contributed by atoms with Crippen molar-refractivity contribution in [3.63, 3.8) is 0 Å². The minimum absolute atomic E-state index is 0.0531. The van der Waals surface area contributed by atoms with Crippen LogP contribution in [0, 0.1) is 6.92 Å². The summed E-state index contributed by atoms with van der Waals surface area (Å²) in [4.78, 5) is 19.9. The highest BCUT2D eigenvalue weighted by Crippen LogP contribution is 2.33. The largest absolute Gasteiger partial charge is 0.487 e. The number of benzene rings is 1. The molecule has 6 heteroatoms. The summed E-state index contributed by atoms with van der Waals surface area (Å²) in [7, 11) is 2.03. The van der Waals surface area contributed by atoms with Crippen LogP contribution in [0.5, 0.6) is 5.75 Å². The first-order valence-corrected chi connectivity index (χ1v) is 10.7. The molecule has 158 valence electrons. The Bertz CT molecular complexity index is 1240. The number of hydrogen-bond acceptors (Lipinski definition) is 3. The van der Waals surface area contributed by atoms with Gasteiger partial charge in [-0.25, -0.2) is 4.98 Å². The lowest BCUT2D eigenvalue weighted by atomic mass is 10.1. The third kappa shape index (κ3) is 3.81. The highest BCUT2D eigenvalue weighted by atomic mass is 16.5. The molecule has 1 aliphatic heterocycles. The molecule has 0 radical (unpaired) electrons. The average molecular weight is 415 g/mol. The van der Waals surface area contributed by atoms with E-state index in [9.17, 15) is 4.79 Å². The van der Waals surface area contributed by atoms with Crippen molar-refractivity contribution in [1.82, 2.24) is 18.9 Å². The molecule has 1 fully saturated rings. The number of imidazole rings is 1. The minimum atomic E-state index is 0.0531. The number of nitrogens with zero attached hydrogens (tertiary/aromatic N) is 4. The predicted molar refractivity (Wildman–Crippen MR) is 119 cm³/mol. The zero-order valence-electron chi connectivity index (χ0n) is 17.9. The van der Waals surface area contributed by atoms with Gasteiger partial charge in [0.2, 0.25) is 0 Å². The van der Waals surface area contributed by atoms with Crippen LogP contribution < -0.4 is 4.74 Å². The quantitative estimate of drug-likeness (QED) is 0.482. The van der Waals surface area contributed by atoms with Gasteiger partial charge in [-0.2, -0.15) is 0 Å². The van der Waals surface area contributed by atoms with E-state index in [1.165, 1.54) is 11.3 Å². The van der Waals surface area contributed by atoms with Gasteiger partial charge in [0.1, 0.15) is 18.0 Å². The second-order valence-electron chi connectivity index (χ2n) is 8.22. The van der Waals surface area contributed by atoms with Crippen LogP contribution in [0.2, 0.25) is 0 Å². The summed E-state index contributed by atoms with van der Waals surface area (Å²) in [6.45, 7) is 3.19. The van der Waals surface area contributed by atoms with E-state index < -0.39 is 0 Å². The highest BCUT2D eigenvalue weighted by molar-refractivity contribution is 5.95. The van der Waals surface area contributed by atoms with Crippen molar-refractivity contribution in [2.75, 3.05) is 6.54 Å². The van der Waals surface area contributed by atoms with Crippen molar-refractivity contribution in [3.8, 4) is 5.75 Å². The van der Waals surface area contributed by atoms with Gasteiger partial charge in [-0.15, -0.1) is 0 Å². The van der Waals surface area contributed by atoms with Crippen molar-refractivity contribution < 1.29 is 9.53 Å². The van der Waals surface area contributed by atoms with Gasteiger partial charge in [0.15, 0.2) is 0 Å². The molecule has 0 aliphatic carbocycles. The maximum atomic E-state index is 13.3. The first kappa shape index (κ1) is 19.4. The number of carbonyl (C=O) groups is 1. The number of aromatic nitrogens is 3. The molecule has 1 aromatic carbocycles. The number of ether oxygens (including phenoxy) is 1. The molecule has 5 rings (SSSR count). The molecule has 3 aromatic heterocycles. The van der Waals surface area contributed by atoms with Gasteiger partial charge in [0.25, 0.3) is 5.91 Å². The third-order valence-corrected chi connectivity index (χ3v) is 5.96. The van der Waals surface area contributed by atoms with Crippen LogP contribution in [-0.4, -0.2) is 31.3 Å². The Morgan fingerprint density at radius 2 is 2.06 bits per heavy atom. The molecule has 1 unspecified atom stereocenters. The molecule has 1 amide bonds. The van der Waals surface area contributed by atoms with E-state index in [0.717, 1.165) is 30.7 Å². The molecular weight excluding hydrogens is 388 g/mol. The van der Waals surface area contributed by atoms with Crippen molar-refractivity contribution in [1.29, 1.82) is 0 Å². The fraction of sp³-hybridized carbons (Fsp3) is 0.280. The van der Waals surface area contributed by atoms with Crippen LogP contribution in [0.4, 0.5) is 0 Å². The Balaban J connectivity index is 1.31. The van der Waals surface area contributed by atoms with Gasteiger partial charge in [0.05, 0.1) is 11.7 Å².